The molecule has 3 saturated heterocycles. The molecule has 10 nitrogen and oxygen atoms in total. The molecule has 0 saturated carbocycles. The number of fused-ring (bicyclic) bond motifs is 3. The van der Waals surface area contributed by atoms with E-state index in [2.05, 4.69) is 10.2 Å². The highest BCUT2D eigenvalue weighted by Crippen LogP contribution is 2.41. The van der Waals surface area contributed by atoms with Gasteiger partial charge in [0, 0.05) is 34.2 Å². The molecule has 2 N–H and O–H groups in total. The molecule has 0 aliphatic carbocycles. The quantitative estimate of drug-likeness (QED) is 0.102. The van der Waals surface area contributed by atoms with Crippen LogP contribution in [0, 0.1) is 5.92 Å². The molecule has 2 aromatic heterocycles. The second-order valence-electron chi connectivity index (χ2n) is 12.5. The van der Waals surface area contributed by atoms with E-state index in [9.17, 15) is 19.9 Å². The Kier molecular flexibility index (Phi) is 11.5. The van der Waals surface area contributed by atoms with Crippen molar-refractivity contribution in [2.75, 3.05) is 33.4 Å². The zero-order valence-corrected chi connectivity index (χ0v) is 30.1. The Morgan fingerprint density at radius 1 is 1.06 bits per heavy atom. The standard InChI is InChI=1S/C37H39Cl2N3O7S/c1-3-48-32-15-24(9-10-31(32)47-2)26(17-28-29(38)19-42(46)20-30(28)39)27-16-25(50-35(27)36(43)44)18-40-34(23-7-5-4-6-8-23)37(45)49-33-21-41-13-11-22(33)12-14-41/h4-10,15-16,19-20,22,26,33-34,40H,3,11-14,17-18,21H2,1-2H3,(H-,43,44,46)/t26?,33-,34?/m0/s1. The van der Waals surface area contributed by atoms with Crippen LogP contribution in [0.25, 0.3) is 0 Å². The van der Waals surface area contributed by atoms with Gasteiger partial charge in [0.1, 0.15) is 22.2 Å². The lowest BCUT2D eigenvalue weighted by Crippen LogP contribution is -2.52. The molecule has 4 aromatic rings. The van der Waals surface area contributed by atoms with Gasteiger partial charge in [0.25, 0.3) is 0 Å². The first-order valence-corrected chi connectivity index (χ1v) is 18.2. The first-order chi connectivity index (χ1) is 24.1. The van der Waals surface area contributed by atoms with Gasteiger partial charge >= 0.3 is 5.97 Å². The van der Waals surface area contributed by atoms with Gasteiger partial charge in [-0.3, -0.25) is 15.4 Å². The number of carboxylic acid groups (broad SMARTS) is 1. The predicted octanol–water partition coefficient (Wildman–Crippen LogP) is 5.19. The number of halogens is 2. The number of aromatic nitrogens is 1. The van der Waals surface area contributed by atoms with Gasteiger partial charge < -0.3 is 24.1 Å². The van der Waals surface area contributed by atoms with E-state index in [1.54, 1.807) is 13.2 Å². The number of rotatable bonds is 14. The number of piperidine rings is 3. The number of nitrogens with one attached hydrogen (secondary N) is 1. The van der Waals surface area contributed by atoms with Gasteiger partial charge in [-0.1, -0.05) is 59.6 Å². The van der Waals surface area contributed by atoms with Gasteiger partial charge in [0.2, 0.25) is 12.4 Å². The van der Waals surface area contributed by atoms with Crippen LogP contribution < -0.4 is 24.6 Å². The molecule has 0 radical (unpaired) electrons. The number of hydrogen-bond donors (Lipinski definition) is 2. The van der Waals surface area contributed by atoms with Crippen LogP contribution in [0.15, 0.2) is 67.0 Å². The molecule has 0 amide bonds. The summed E-state index contributed by atoms with van der Waals surface area (Å²) in [5.41, 5.74) is 2.49. The Hall–Kier alpha value is -3.87. The minimum absolute atomic E-state index is 0.0343. The molecular weight excluding hydrogens is 701 g/mol. The van der Waals surface area contributed by atoms with Crippen molar-refractivity contribution in [1.29, 1.82) is 0 Å². The molecule has 0 spiro atoms. The Morgan fingerprint density at radius 2 is 1.78 bits per heavy atom. The van der Waals surface area contributed by atoms with E-state index in [-0.39, 0.29) is 40.0 Å². The number of ether oxygens (including phenoxy) is 3. The third-order valence-corrected chi connectivity index (χ3v) is 11.2. The van der Waals surface area contributed by atoms with E-state index in [1.165, 1.54) is 12.4 Å². The number of benzene rings is 2. The van der Waals surface area contributed by atoms with Gasteiger partial charge in [-0.05, 0) is 80.1 Å². The smallest absolute Gasteiger partial charge is 0.328 e. The monoisotopic (exact) mass is 739 g/mol. The molecule has 264 valence electrons. The Bertz CT molecular complexity index is 1810. The number of hydrogen-bond acceptors (Lipinski definition) is 10. The lowest BCUT2D eigenvalue weighted by Gasteiger charge is -2.44. The highest BCUT2D eigenvalue weighted by atomic mass is 35.5. The Morgan fingerprint density at radius 3 is 2.40 bits per heavy atom. The number of pyridine rings is 1. The van der Waals surface area contributed by atoms with Gasteiger partial charge in [-0.15, -0.1) is 11.3 Å². The normalized spacial score (nSPS) is 19.5. The van der Waals surface area contributed by atoms with Crippen molar-refractivity contribution in [3.05, 3.63) is 109 Å². The number of thiophene rings is 1. The van der Waals surface area contributed by atoms with E-state index in [1.807, 2.05) is 55.5 Å². The molecule has 13 heteroatoms. The molecule has 2 unspecified atom stereocenters. The Balaban J connectivity index is 1.33. The molecule has 3 atom stereocenters. The molecule has 2 aromatic carbocycles. The third kappa shape index (κ3) is 8.03. The van der Waals surface area contributed by atoms with Crippen molar-refractivity contribution in [3.63, 3.8) is 0 Å². The lowest BCUT2D eigenvalue weighted by molar-refractivity contribution is -0.904. The SMILES string of the molecule is CCOc1cc(C(Cc2c(Cl)c[n+](O)cc2Cl)c2cc(CNC(C(=O)O[C@H]3CN4CCC3CC4)c3ccccc3)sc2C(=O)[O-])ccc1OC. The van der Waals surface area contributed by atoms with Crippen LogP contribution in [0.2, 0.25) is 10.0 Å². The van der Waals surface area contributed by atoms with Crippen LogP contribution in [0.4, 0.5) is 0 Å². The minimum Gasteiger partial charge on any atom is -0.544 e. The summed E-state index contributed by atoms with van der Waals surface area (Å²) in [4.78, 5) is 29.5. The van der Waals surface area contributed by atoms with Crippen LogP contribution in [0.1, 0.15) is 68.5 Å². The van der Waals surface area contributed by atoms with E-state index < -0.39 is 17.9 Å². The zero-order chi connectivity index (χ0) is 35.4. The molecule has 3 aliphatic heterocycles. The van der Waals surface area contributed by atoms with Crippen molar-refractivity contribution >= 4 is 46.5 Å². The first-order valence-electron chi connectivity index (χ1n) is 16.6. The molecule has 3 fully saturated rings. The number of methoxy groups -OCH3 is 1. The summed E-state index contributed by atoms with van der Waals surface area (Å²) in [6.45, 7) is 5.26. The number of nitrogens with zero attached hydrogens (tertiary/aromatic N) is 2. The fourth-order valence-electron chi connectivity index (χ4n) is 6.94. The maximum atomic E-state index is 13.7. The second kappa shape index (κ2) is 16.0. The molecule has 2 bridgehead atoms. The molecule has 3 aliphatic rings. The van der Waals surface area contributed by atoms with Gasteiger partial charge in [0.05, 0.1) is 24.6 Å². The summed E-state index contributed by atoms with van der Waals surface area (Å²) in [6, 6.07) is 15.9. The van der Waals surface area contributed by atoms with Crippen molar-refractivity contribution in [2.45, 2.75) is 50.8 Å². The van der Waals surface area contributed by atoms with E-state index in [4.69, 9.17) is 37.4 Å². The third-order valence-electron chi connectivity index (χ3n) is 9.45. The fraction of sp³-hybridized carbons (Fsp3) is 0.378. The summed E-state index contributed by atoms with van der Waals surface area (Å²) < 4.78 is 18.3. The van der Waals surface area contributed by atoms with E-state index in [0.717, 1.165) is 59.7 Å². The average Bonchev–Trinajstić information content (AvgIpc) is 3.53. The maximum Gasteiger partial charge on any atom is 0.328 e. The van der Waals surface area contributed by atoms with Crippen molar-refractivity contribution in [1.82, 2.24) is 10.2 Å². The van der Waals surface area contributed by atoms with Crippen LogP contribution in [-0.4, -0.2) is 61.5 Å². The van der Waals surface area contributed by atoms with Crippen molar-refractivity contribution < 1.29 is 38.8 Å². The van der Waals surface area contributed by atoms with Gasteiger partial charge in [-0.25, -0.2) is 4.79 Å². The molecule has 5 heterocycles. The van der Waals surface area contributed by atoms with E-state index >= 15 is 0 Å². The lowest BCUT2D eigenvalue weighted by atomic mass is 9.85. The van der Waals surface area contributed by atoms with Crippen LogP contribution in [-0.2, 0) is 22.5 Å². The topological polar surface area (TPSA) is 124 Å². The predicted molar refractivity (Wildman–Crippen MR) is 187 cm³/mol. The van der Waals surface area contributed by atoms with Gasteiger partial charge in [0.15, 0.2) is 11.5 Å². The van der Waals surface area contributed by atoms with Gasteiger partial charge in [-0.2, -0.15) is 0 Å². The number of esters is 1. The Labute approximate surface area is 305 Å². The summed E-state index contributed by atoms with van der Waals surface area (Å²) in [5.74, 6) is -0.887. The highest BCUT2D eigenvalue weighted by molar-refractivity contribution is 7.14. The zero-order valence-electron chi connectivity index (χ0n) is 27.8. The number of carboxylic acids is 1. The maximum absolute atomic E-state index is 13.7. The minimum atomic E-state index is -1.33. The average molecular weight is 741 g/mol. The van der Waals surface area contributed by atoms with E-state index in [0.29, 0.717) is 40.0 Å². The van der Waals surface area contributed by atoms with Crippen LogP contribution in [0.5, 0.6) is 11.5 Å². The first kappa shape index (κ1) is 35.9. The number of aromatic carboxylic acids is 1. The molecule has 7 rings (SSSR count). The summed E-state index contributed by atoms with van der Waals surface area (Å²) in [5, 5.41) is 26.5. The van der Waals surface area contributed by atoms with Crippen molar-refractivity contribution in [3.8, 4) is 11.5 Å². The number of carbonyl (C=O) groups excluding carboxylic acids is 2. The van der Waals surface area contributed by atoms with Crippen molar-refractivity contribution in [2.24, 2.45) is 5.92 Å². The van der Waals surface area contributed by atoms with Crippen LogP contribution >= 0.6 is 34.5 Å². The highest BCUT2D eigenvalue weighted by Gasteiger charge is 2.38. The largest absolute Gasteiger partial charge is 0.544 e. The summed E-state index contributed by atoms with van der Waals surface area (Å²) >= 11 is 14.2. The fourth-order valence-corrected chi connectivity index (χ4v) is 8.55. The molecular formula is C37H39Cl2N3O7S. The van der Waals surface area contributed by atoms with Crippen LogP contribution in [0.3, 0.4) is 0 Å². The molecule has 50 heavy (non-hydrogen) atoms. The number of carbonyl (C=O) groups is 2. The summed E-state index contributed by atoms with van der Waals surface area (Å²) in [7, 11) is 1.55. The summed E-state index contributed by atoms with van der Waals surface area (Å²) in [6.07, 6.45) is 4.72. The second-order valence-corrected chi connectivity index (χ2v) is 14.5.